The molecule has 1 heterocycles. The van der Waals surface area contributed by atoms with Crippen molar-refractivity contribution < 1.29 is 12.8 Å². The van der Waals surface area contributed by atoms with Crippen LogP contribution in [0.2, 0.25) is 0 Å². The molecule has 4 nitrogen and oxygen atoms in total. The van der Waals surface area contributed by atoms with Crippen LogP contribution in [0, 0.1) is 5.82 Å². The molecule has 1 aliphatic carbocycles. The van der Waals surface area contributed by atoms with E-state index in [0.717, 1.165) is 19.3 Å². The third-order valence-electron chi connectivity index (χ3n) is 5.39. The summed E-state index contributed by atoms with van der Waals surface area (Å²) in [6, 6.07) is 12.2. The van der Waals surface area contributed by atoms with Crippen molar-refractivity contribution in [1.82, 2.24) is 4.31 Å². The first-order valence-electron chi connectivity index (χ1n) is 9.17. The van der Waals surface area contributed by atoms with E-state index < -0.39 is 10.0 Å². The second kappa shape index (κ2) is 7.00. The van der Waals surface area contributed by atoms with E-state index in [2.05, 4.69) is 0 Å². The SMILES string of the molecule is O=S(=O)(c1ccc2c(c1)CCCC2)N1CCN(c2ccccc2F)CC1. The molecule has 6 heteroatoms. The Labute approximate surface area is 154 Å². The maximum absolute atomic E-state index is 14.0. The molecule has 0 bridgehead atoms. The molecule has 0 N–H and O–H groups in total. The van der Waals surface area contributed by atoms with Crippen molar-refractivity contribution in [2.75, 3.05) is 31.1 Å². The Morgan fingerprint density at radius 2 is 1.54 bits per heavy atom. The van der Waals surface area contributed by atoms with Gasteiger partial charge in [0.25, 0.3) is 0 Å². The van der Waals surface area contributed by atoms with Crippen molar-refractivity contribution in [1.29, 1.82) is 0 Å². The first-order valence-corrected chi connectivity index (χ1v) is 10.6. The first-order chi connectivity index (χ1) is 12.6. The molecule has 4 rings (SSSR count). The van der Waals surface area contributed by atoms with Crippen LogP contribution in [0.5, 0.6) is 0 Å². The predicted octanol–water partition coefficient (Wildman–Crippen LogP) is 3.22. The minimum absolute atomic E-state index is 0.265. The van der Waals surface area contributed by atoms with Gasteiger partial charge in [-0.3, -0.25) is 0 Å². The molecular weight excluding hydrogens is 351 g/mol. The maximum Gasteiger partial charge on any atom is 0.243 e. The fourth-order valence-electron chi connectivity index (χ4n) is 3.90. The fourth-order valence-corrected chi connectivity index (χ4v) is 5.37. The molecule has 2 aromatic carbocycles. The monoisotopic (exact) mass is 374 g/mol. The van der Waals surface area contributed by atoms with Crippen LogP contribution in [0.25, 0.3) is 0 Å². The Balaban J connectivity index is 1.51. The lowest BCUT2D eigenvalue weighted by Gasteiger charge is -2.35. The Kier molecular flexibility index (Phi) is 4.71. The van der Waals surface area contributed by atoms with Crippen molar-refractivity contribution in [3.63, 3.8) is 0 Å². The van der Waals surface area contributed by atoms with Gasteiger partial charge in [0.05, 0.1) is 10.6 Å². The van der Waals surface area contributed by atoms with Crippen molar-refractivity contribution in [3.05, 3.63) is 59.4 Å². The Hall–Kier alpha value is -1.92. The van der Waals surface area contributed by atoms with Crippen LogP contribution >= 0.6 is 0 Å². The van der Waals surface area contributed by atoms with Crippen molar-refractivity contribution >= 4 is 15.7 Å². The summed E-state index contributed by atoms with van der Waals surface area (Å²) in [7, 11) is -3.50. The average Bonchev–Trinajstić information content (AvgIpc) is 2.68. The van der Waals surface area contributed by atoms with Crippen LogP contribution in [0.4, 0.5) is 10.1 Å². The summed E-state index contributed by atoms with van der Waals surface area (Å²) in [5, 5.41) is 0. The zero-order valence-corrected chi connectivity index (χ0v) is 15.5. The molecule has 0 spiro atoms. The van der Waals surface area contributed by atoms with Crippen LogP contribution in [0.1, 0.15) is 24.0 Å². The number of halogens is 1. The minimum Gasteiger partial charge on any atom is -0.367 e. The number of sulfonamides is 1. The van der Waals surface area contributed by atoms with Crippen LogP contribution in [-0.2, 0) is 22.9 Å². The summed E-state index contributed by atoms with van der Waals surface area (Å²) in [4.78, 5) is 2.30. The maximum atomic E-state index is 14.0. The van der Waals surface area contributed by atoms with Crippen LogP contribution in [0.15, 0.2) is 47.4 Å². The second-order valence-electron chi connectivity index (χ2n) is 6.98. The van der Waals surface area contributed by atoms with Gasteiger partial charge in [0.15, 0.2) is 0 Å². The van der Waals surface area contributed by atoms with Gasteiger partial charge in [-0.2, -0.15) is 4.31 Å². The zero-order valence-electron chi connectivity index (χ0n) is 14.7. The van der Waals surface area contributed by atoms with E-state index >= 15 is 0 Å². The highest BCUT2D eigenvalue weighted by Gasteiger charge is 2.29. The van der Waals surface area contributed by atoms with Gasteiger partial charge in [-0.15, -0.1) is 0 Å². The minimum atomic E-state index is -3.50. The summed E-state index contributed by atoms with van der Waals surface area (Å²) in [5.74, 6) is -0.265. The number of aryl methyl sites for hydroxylation is 2. The smallest absolute Gasteiger partial charge is 0.243 e. The van der Waals surface area contributed by atoms with E-state index in [1.54, 1.807) is 24.3 Å². The van der Waals surface area contributed by atoms with Crippen molar-refractivity contribution in [2.45, 2.75) is 30.6 Å². The lowest BCUT2D eigenvalue weighted by molar-refractivity contribution is 0.383. The summed E-state index contributed by atoms with van der Waals surface area (Å²) in [5.41, 5.74) is 2.99. The van der Waals surface area contributed by atoms with Gasteiger partial charge in [0, 0.05) is 26.2 Å². The highest BCUT2D eigenvalue weighted by Crippen LogP contribution is 2.27. The number of anilines is 1. The Morgan fingerprint density at radius 3 is 2.27 bits per heavy atom. The molecule has 2 aromatic rings. The van der Waals surface area contributed by atoms with Crippen LogP contribution in [-0.4, -0.2) is 38.9 Å². The molecule has 1 saturated heterocycles. The molecule has 1 aliphatic heterocycles. The average molecular weight is 374 g/mol. The topological polar surface area (TPSA) is 40.6 Å². The number of fused-ring (bicyclic) bond motifs is 1. The number of para-hydroxylation sites is 1. The van der Waals surface area contributed by atoms with Crippen LogP contribution in [0.3, 0.4) is 0 Å². The van der Waals surface area contributed by atoms with Crippen LogP contribution < -0.4 is 4.90 Å². The standard InChI is InChI=1S/C20H23FN2O2S/c21-19-7-3-4-8-20(19)22-11-13-23(14-12-22)26(24,25)18-10-9-16-5-1-2-6-17(16)15-18/h3-4,7-10,15H,1-2,5-6,11-14H2. The van der Waals surface area contributed by atoms with Gasteiger partial charge in [-0.25, -0.2) is 12.8 Å². The molecule has 26 heavy (non-hydrogen) atoms. The Morgan fingerprint density at radius 1 is 0.846 bits per heavy atom. The van der Waals surface area contributed by atoms with Crippen molar-refractivity contribution in [2.24, 2.45) is 0 Å². The molecular formula is C20H23FN2O2S. The van der Waals surface area contributed by atoms with Gasteiger partial charge in [0.2, 0.25) is 10.0 Å². The molecule has 0 unspecified atom stereocenters. The van der Waals surface area contributed by atoms with E-state index in [1.807, 2.05) is 17.0 Å². The van der Waals surface area contributed by atoms with Gasteiger partial charge >= 0.3 is 0 Å². The normalized spacial score (nSPS) is 18.6. The zero-order chi connectivity index (χ0) is 18.1. The third-order valence-corrected chi connectivity index (χ3v) is 7.28. The van der Waals surface area contributed by atoms with Gasteiger partial charge in [0.1, 0.15) is 5.82 Å². The highest BCUT2D eigenvalue weighted by molar-refractivity contribution is 7.89. The summed E-state index contributed by atoms with van der Waals surface area (Å²) < 4.78 is 41.5. The number of nitrogens with zero attached hydrogens (tertiary/aromatic N) is 2. The number of hydrogen-bond acceptors (Lipinski definition) is 3. The van der Waals surface area contributed by atoms with Gasteiger partial charge < -0.3 is 4.90 Å². The molecule has 0 atom stereocenters. The summed E-state index contributed by atoms with van der Waals surface area (Å²) in [6.45, 7) is 1.72. The number of rotatable bonds is 3. The fraction of sp³-hybridized carbons (Fsp3) is 0.400. The lowest BCUT2D eigenvalue weighted by Crippen LogP contribution is -2.48. The predicted molar refractivity (Wildman–Crippen MR) is 100 cm³/mol. The molecule has 0 aromatic heterocycles. The third kappa shape index (κ3) is 3.23. The Bertz CT molecular complexity index is 906. The molecule has 0 saturated carbocycles. The second-order valence-corrected chi connectivity index (χ2v) is 8.92. The van der Waals surface area contributed by atoms with Gasteiger partial charge in [-0.05, 0) is 61.1 Å². The molecule has 138 valence electrons. The molecule has 0 amide bonds. The number of benzene rings is 2. The summed E-state index contributed by atoms with van der Waals surface area (Å²) in [6.07, 6.45) is 4.30. The quantitative estimate of drug-likeness (QED) is 0.828. The lowest BCUT2D eigenvalue weighted by atomic mass is 9.92. The van der Waals surface area contributed by atoms with E-state index in [4.69, 9.17) is 0 Å². The van der Waals surface area contributed by atoms with E-state index in [-0.39, 0.29) is 5.82 Å². The molecule has 0 radical (unpaired) electrons. The largest absolute Gasteiger partial charge is 0.367 e. The summed E-state index contributed by atoms with van der Waals surface area (Å²) >= 11 is 0. The van der Waals surface area contributed by atoms with Crippen molar-refractivity contribution in [3.8, 4) is 0 Å². The molecule has 1 fully saturated rings. The molecule has 2 aliphatic rings. The van der Waals surface area contributed by atoms with E-state index in [1.165, 1.54) is 27.9 Å². The van der Waals surface area contributed by atoms with E-state index in [0.29, 0.717) is 36.8 Å². The van der Waals surface area contributed by atoms with Gasteiger partial charge in [-0.1, -0.05) is 18.2 Å². The highest BCUT2D eigenvalue weighted by atomic mass is 32.2. The number of piperazine rings is 1. The first kappa shape index (κ1) is 17.5. The number of hydrogen-bond donors (Lipinski definition) is 0. The van der Waals surface area contributed by atoms with E-state index in [9.17, 15) is 12.8 Å².